The fraction of sp³-hybridized carbons (Fsp3) is 0.471. The second kappa shape index (κ2) is 7.86. The van der Waals surface area contributed by atoms with Gasteiger partial charge >= 0.3 is 5.97 Å². The highest BCUT2D eigenvalue weighted by Gasteiger charge is 2.46. The van der Waals surface area contributed by atoms with Crippen LogP contribution in [-0.2, 0) is 19.4 Å². The molecule has 2 rings (SSSR count). The normalized spacial score (nSPS) is 15.1. The van der Waals surface area contributed by atoms with Crippen LogP contribution in [0.1, 0.15) is 36.0 Å². The van der Waals surface area contributed by atoms with E-state index in [1.807, 2.05) is 0 Å². The molecular weight excluding hydrogens is 360 g/mol. The number of nitrogens with one attached hydrogen (secondary N) is 2. The van der Waals surface area contributed by atoms with Gasteiger partial charge in [0.05, 0.1) is 12.2 Å². The van der Waals surface area contributed by atoms with Crippen molar-refractivity contribution in [2.75, 3.05) is 23.9 Å². The van der Waals surface area contributed by atoms with Gasteiger partial charge in [0.2, 0.25) is 5.91 Å². The number of rotatable bonds is 9. The summed E-state index contributed by atoms with van der Waals surface area (Å²) in [6, 6.07) is 6.19. The van der Waals surface area contributed by atoms with Crippen molar-refractivity contribution < 1.29 is 27.9 Å². The number of amides is 2. The Balaban J connectivity index is 1.86. The van der Waals surface area contributed by atoms with Gasteiger partial charge < -0.3 is 15.7 Å². The van der Waals surface area contributed by atoms with Gasteiger partial charge in [-0.15, -0.1) is 0 Å². The number of hydrogen-bond donors (Lipinski definition) is 3. The number of sulfone groups is 1. The van der Waals surface area contributed by atoms with Crippen LogP contribution in [0.5, 0.6) is 0 Å². The molecule has 1 aromatic carbocycles. The topological polar surface area (TPSA) is 130 Å². The van der Waals surface area contributed by atoms with Crippen molar-refractivity contribution in [3.05, 3.63) is 29.8 Å². The fourth-order valence-electron chi connectivity index (χ4n) is 2.74. The van der Waals surface area contributed by atoms with Gasteiger partial charge in [-0.05, 0) is 42.5 Å². The molecule has 0 bridgehead atoms. The molecule has 3 N–H and O–H groups in total. The maximum absolute atomic E-state index is 12.1. The molecule has 0 atom stereocenters. The van der Waals surface area contributed by atoms with Gasteiger partial charge in [-0.2, -0.15) is 0 Å². The van der Waals surface area contributed by atoms with Crippen LogP contribution in [0.3, 0.4) is 0 Å². The largest absolute Gasteiger partial charge is 0.481 e. The first-order valence-electron chi connectivity index (χ1n) is 8.16. The van der Waals surface area contributed by atoms with Crippen LogP contribution in [0, 0.1) is 5.41 Å². The van der Waals surface area contributed by atoms with Gasteiger partial charge in [0.15, 0.2) is 0 Å². The number of anilines is 1. The van der Waals surface area contributed by atoms with E-state index in [0.717, 1.165) is 12.8 Å². The lowest BCUT2D eigenvalue weighted by molar-refractivity contribution is -0.136. The Morgan fingerprint density at radius 2 is 1.77 bits per heavy atom. The number of aliphatic carboxylic acids is 1. The highest BCUT2D eigenvalue weighted by Crippen LogP contribution is 2.49. The van der Waals surface area contributed by atoms with Crippen molar-refractivity contribution in [2.24, 2.45) is 5.41 Å². The van der Waals surface area contributed by atoms with Gasteiger partial charge in [0, 0.05) is 30.5 Å². The highest BCUT2D eigenvalue weighted by molar-refractivity contribution is 7.90. The summed E-state index contributed by atoms with van der Waals surface area (Å²) in [5.74, 6) is -1.63. The Bertz CT molecular complexity index is 797. The SMILES string of the molecule is CS(=O)(=O)CC1(CC(=O)Nc2ccc(C(=O)NCCC(=O)O)cc2)CC1. The van der Waals surface area contributed by atoms with Crippen molar-refractivity contribution in [3.63, 3.8) is 0 Å². The monoisotopic (exact) mass is 382 g/mol. The first-order valence-corrected chi connectivity index (χ1v) is 10.2. The Morgan fingerprint density at radius 1 is 1.15 bits per heavy atom. The molecule has 142 valence electrons. The van der Waals surface area contributed by atoms with Crippen LogP contribution in [-0.4, -0.2) is 49.9 Å². The standard InChI is InChI=1S/C17H22N2O6S/c1-26(24,25)11-17(7-8-17)10-14(20)19-13-4-2-12(3-5-13)16(23)18-9-6-15(21)22/h2-5H,6-11H2,1H3,(H,18,23)(H,19,20)(H,21,22). The third kappa shape index (κ3) is 6.47. The molecule has 2 amide bonds. The molecule has 0 saturated heterocycles. The van der Waals surface area contributed by atoms with E-state index in [1.54, 1.807) is 12.1 Å². The van der Waals surface area contributed by atoms with E-state index in [1.165, 1.54) is 18.4 Å². The lowest BCUT2D eigenvalue weighted by atomic mass is 10.1. The van der Waals surface area contributed by atoms with Gasteiger partial charge in [0.1, 0.15) is 9.84 Å². The minimum Gasteiger partial charge on any atom is -0.481 e. The zero-order valence-electron chi connectivity index (χ0n) is 14.4. The molecule has 0 heterocycles. The van der Waals surface area contributed by atoms with Crippen molar-refractivity contribution in [1.82, 2.24) is 5.32 Å². The summed E-state index contributed by atoms with van der Waals surface area (Å²) in [5.41, 5.74) is 0.415. The van der Waals surface area contributed by atoms with E-state index in [4.69, 9.17) is 5.11 Å². The van der Waals surface area contributed by atoms with Crippen molar-refractivity contribution in [2.45, 2.75) is 25.7 Å². The fourth-order valence-corrected chi connectivity index (χ4v) is 4.24. The molecular formula is C17H22N2O6S. The summed E-state index contributed by atoms with van der Waals surface area (Å²) in [5, 5.41) is 13.7. The summed E-state index contributed by atoms with van der Waals surface area (Å²) in [6.07, 6.45) is 2.61. The summed E-state index contributed by atoms with van der Waals surface area (Å²) in [7, 11) is -3.13. The number of hydrogen-bond acceptors (Lipinski definition) is 5. The molecule has 0 radical (unpaired) electrons. The van der Waals surface area contributed by atoms with E-state index in [0.29, 0.717) is 11.3 Å². The summed E-state index contributed by atoms with van der Waals surface area (Å²) < 4.78 is 22.9. The van der Waals surface area contributed by atoms with Crippen molar-refractivity contribution in [1.29, 1.82) is 0 Å². The molecule has 1 saturated carbocycles. The third-order valence-corrected chi connectivity index (χ3v) is 5.25. The van der Waals surface area contributed by atoms with Crippen molar-refractivity contribution >= 4 is 33.3 Å². The van der Waals surface area contributed by atoms with Gasteiger partial charge in [-0.1, -0.05) is 0 Å². The van der Waals surface area contributed by atoms with Crippen LogP contribution < -0.4 is 10.6 Å². The Hall–Kier alpha value is -2.42. The summed E-state index contributed by atoms with van der Waals surface area (Å²) >= 11 is 0. The molecule has 0 unspecified atom stereocenters. The quantitative estimate of drug-likeness (QED) is 0.585. The van der Waals surface area contributed by atoms with Crippen molar-refractivity contribution in [3.8, 4) is 0 Å². The molecule has 0 aromatic heterocycles. The van der Waals surface area contributed by atoms with Gasteiger partial charge in [-0.25, -0.2) is 8.42 Å². The number of carbonyl (C=O) groups is 3. The molecule has 0 aliphatic heterocycles. The average molecular weight is 382 g/mol. The number of carbonyl (C=O) groups excluding carboxylic acids is 2. The molecule has 1 aliphatic carbocycles. The first kappa shape index (κ1) is 19.9. The second-order valence-electron chi connectivity index (χ2n) is 6.77. The Kier molecular flexibility index (Phi) is 6.01. The Labute approximate surface area is 151 Å². The maximum atomic E-state index is 12.1. The molecule has 26 heavy (non-hydrogen) atoms. The zero-order valence-corrected chi connectivity index (χ0v) is 15.3. The van der Waals surface area contributed by atoms with E-state index in [-0.39, 0.29) is 31.0 Å². The highest BCUT2D eigenvalue weighted by atomic mass is 32.2. The van der Waals surface area contributed by atoms with E-state index >= 15 is 0 Å². The third-order valence-electron chi connectivity index (χ3n) is 4.12. The molecule has 9 heteroatoms. The Morgan fingerprint density at radius 3 is 2.27 bits per heavy atom. The molecule has 0 spiro atoms. The number of carboxylic acid groups (broad SMARTS) is 1. The van der Waals surface area contributed by atoms with E-state index in [2.05, 4.69) is 10.6 Å². The molecule has 1 aromatic rings. The zero-order chi connectivity index (χ0) is 19.4. The molecule has 1 aliphatic rings. The average Bonchev–Trinajstić information content (AvgIpc) is 3.23. The first-order chi connectivity index (χ1) is 12.1. The van der Waals surface area contributed by atoms with Crippen LogP contribution in [0.4, 0.5) is 5.69 Å². The summed E-state index contributed by atoms with van der Waals surface area (Å²) in [6.45, 7) is 0.0368. The smallest absolute Gasteiger partial charge is 0.305 e. The van der Waals surface area contributed by atoms with Gasteiger partial charge in [-0.3, -0.25) is 14.4 Å². The van der Waals surface area contributed by atoms with Gasteiger partial charge in [0.25, 0.3) is 5.91 Å². The second-order valence-corrected chi connectivity index (χ2v) is 8.91. The maximum Gasteiger partial charge on any atom is 0.305 e. The van der Waals surface area contributed by atoms with Crippen LogP contribution >= 0.6 is 0 Å². The van der Waals surface area contributed by atoms with Crippen LogP contribution in [0.2, 0.25) is 0 Å². The lowest BCUT2D eigenvalue weighted by Crippen LogP contribution is -2.26. The van der Waals surface area contributed by atoms with Crippen LogP contribution in [0.15, 0.2) is 24.3 Å². The lowest BCUT2D eigenvalue weighted by Gasteiger charge is -2.13. The number of benzene rings is 1. The van der Waals surface area contributed by atoms with E-state index < -0.39 is 27.1 Å². The minimum atomic E-state index is -3.13. The number of carboxylic acids is 1. The minimum absolute atomic E-state index is 0.0167. The van der Waals surface area contributed by atoms with Crippen LogP contribution in [0.25, 0.3) is 0 Å². The molecule has 8 nitrogen and oxygen atoms in total. The summed E-state index contributed by atoms with van der Waals surface area (Å²) in [4.78, 5) is 34.4. The predicted octanol–water partition coefficient (Wildman–Crippen LogP) is 1.04. The van der Waals surface area contributed by atoms with E-state index in [9.17, 15) is 22.8 Å². The predicted molar refractivity (Wildman–Crippen MR) is 95.7 cm³/mol. The molecule has 1 fully saturated rings.